The summed E-state index contributed by atoms with van der Waals surface area (Å²) in [6.07, 6.45) is 0.769. The predicted octanol–water partition coefficient (Wildman–Crippen LogP) is 1.84. The summed E-state index contributed by atoms with van der Waals surface area (Å²) in [5.41, 5.74) is 1.19. The SMILES string of the molecule is Cc1c(F)cccc1NCC(O)COc1cnsn1. The lowest BCUT2D eigenvalue weighted by atomic mass is 10.2. The zero-order valence-electron chi connectivity index (χ0n) is 10.3. The fourth-order valence-electron chi connectivity index (χ4n) is 1.49. The molecule has 2 rings (SSSR count). The van der Waals surface area contributed by atoms with Gasteiger partial charge in [-0.15, -0.1) is 4.37 Å². The molecule has 1 aromatic carbocycles. The maximum atomic E-state index is 13.3. The number of nitrogens with zero attached hydrogens (tertiary/aromatic N) is 2. The van der Waals surface area contributed by atoms with E-state index in [1.54, 1.807) is 19.1 Å². The van der Waals surface area contributed by atoms with E-state index in [4.69, 9.17) is 4.74 Å². The molecule has 1 heterocycles. The molecule has 5 nitrogen and oxygen atoms in total. The third-order valence-corrected chi connectivity index (χ3v) is 3.02. The van der Waals surface area contributed by atoms with Crippen LogP contribution in [-0.4, -0.2) is 33.1 Å². The van der Waals surface area contributed by atoms with E-state index in [2.05, 4.69) is 14.1 Å². The Bertz CT molecular complexity index is 522. The Morgan fingerprint density at radius 3 is 3.11 bits per heavy atom. The molecule has 19 heavy (non-hydrogen) atoms. The Balaban J connectivity index is 1.80. The Labute approximate surface area is 114 Å². The number of aliphatic hydroxyl groups excluding tert-OH is 1. The van der Waals surface area contributed by atoms with Crippen molar-refractivity contribution >= 4 is 17.4 Å². The van der Waals surface area contributed by atoms with Gasteiger partial charge >= 0.3 is 0 Å². The molecule has 0 spiro atoms. The van der Waals surface area contributed by atoms with E-state index in [-0.39, 0.29) is 19.0 Å². The summed E-state index contributed by atoms with van der Waals surface area (Å²) in [5, 5.41) is 12.7. The Hall–Kier alpha value is -1.73. The number of hydrogen-bond donors (Lipinski definition) is 2. The Morgan fingerprint density at radius 2 is 2.37 bits per heavy atom. The number of aromatic nitrogens is 2. The van der Waals surface area contributed by atoms with Crippen LogP contribution < -0.4 is 10.1 Å². The molecule has 2 N–H and O–H groups in total. The van der Waals surface area contributed by atoms with Crippen molar-refractivity contribution in [2.24, 2.45) is 0 Å². The van der Waals surface area contributed by atoms with E-state index < -0.39 is 6.10 Å². The lowest BCUT2D eigenvalue weighted by Gasteiger charge is -2.14. The number of hydrogen-bond acceptors (Lipinski definition) is 6. The van der Waals surface area contributed by atoms with Gasteiger partial charge in [0, 0.05) is 17.8 Å². The van der Waals surface area contributed by atoms with Crippen molar-refractivity contribution in [3.8, 4) is 5.88 Å². The van der Waals surface area contributed by atoms with Gasteiger partial charge in [0.2, 0.25) is 5.88 Å². The average molecular weight is 283 g/mol. The minimum absolute atomic E-state index is 0.104. The summed E-state index contributed by atoms with van der Waals surface area (Å²) in [6.45, 7) is 2.05. The van der Waals surface area contributed by atoms with Crippen LogP contribution in [0.1, 0.15) is 5.56 Å². The minimum Gasteiger partial charge on any atom is -0.473 e. The van der Waals surface area contributed by atoms with Gasteiger partial charge in [0.15, 0.2) is 0 Å². The number of rotatable bonds is 6. The van der Waals surface area contributed by atoms with Crippen LogP contribution in [0.4, 0.5) is 10.1 Å². The smallest absolute Gasteiger partial charge is 0.245 e. The van der Waals surface area contributed by atoms with Gasteiger partial charge in [0.25, 0.3) is 0 Å². The molecule has 0 amide bonds. The number of anilines is 1. The van der Waals surface area contributed by atoms with Crippen LogP contribution in [0, 0.1) is 12.7 Å². The molecule has 1 atom stereocenters. The van der Waals surface area contributed by atoms with Crippen molar-refractivity contribution in [2.75, 3.05) is 18.5 Å². The molecule has 0 aliphatic rings. The minimum atomic E-state index is -0.718. The molecule has 0 radical (unpaired) electrons. The lowest BCUT2D eigenvalue weighted by molar-refractivity contribution is 0.115. The highest BCUT2D eigenvalue weighted by molar-refractivity contribution is 6.99. The maximum Gasteiger partial charge on any atom is 0.245 e. The molecular formula is C12H14FN3O2S. The first kappa shape index (κ1) is 13.7. The van der Waals surface area contributed by atoms with Crippen LogP contribution in [0.3, 0.4) is 0 Å². The molecule has 102 valence electrons. The predicted molar refractivity (Wildman–Crippen MR) is 71.0 cm³/mol. The second kappa shape index (κ2) is 6.44. The monoisotopic (exact) mass is 283 g/mol. The normalized spacial score (nSPS) is 12.2. The standard InChI is InChI=1S/C12H14FN3O2S/c1-8-10(13)3-2-4-11(8)14-5-9(17)7-18-12-6-15-19-16-12/h2-4,6,9,14,17H,5,7H2,1H3. The van der Waals surface area contributed by atoms with Crippen molar-refractivity contribution in [1.29, 1.82) is 0 Å². The molecule has 1 unspecified atom stereocenters. The van der Waals surface area contributed by atoms with Gasteiger partial charge in [-0.3, -0.25) is 0 Å². The highest BCUT2D eigenvalue weighted by atomic mass is 32.1. The Morgan fingerprint density at radius 1 is 1.53 bits per heavy atom. The largest absolute Gasteiger partial charge is 0.473 e. The van der Waals surface area contributed by atoms with Gasteiger partial charge in [-0.05, 0) is 19.1 Å². The first-order chi connectivity index (χ1) is 9.16. The molecule has 0 saturated carbocycles. The summed E-state index contributed by atoms with van der Waals surface area (Å²) in [4.78, 5) is 0. The summed E-state index contributed by atoms with van der Waals surface area (Å²) >= 11 is 1.04. The molecule has 1 aromatic heterocycles. The number of aliphatic hydroxyl groups is 1. The van der Waals surface area contributed by atoms with Gasteiger partial charge in [-0.1, -0.05) is 6.07 Å². The molecular weight excluding hydrogens is 269 g/mol. The van der Waals surface area contributed by atoms with E-state index >= 15 is 0 Å². The summed E-state index contributed by atoms with van der Waals surface area (Å²) in [7, 11) is 0. The van der Waals surface area contributed by atoms with Crippen molar-refractivity contribution in [3.63, 3.8) is 0 Å². The number of nitrogens with one attached hydrogen (secondary N) is 1. The summed E-state index contributed by atoms with van der Waals surface area (Å²) in [6, 6.07) is 4.78. The lowest BCUT2D eigenvalue weighted by Crippen LogP contribution is -2.26. The third kappa shape index (κ3) is 3.87. The highest BCUT2D eigenvalue weighted by Crippen LogP contribution is 2.17. The zero-order valence-corrected chi connectivity index (χ0v) is 11.2. The van der Waals surface area contributed by atoms with E-state index in [1.807, 2.05) is 0 Å². The second-order valence-corrected chi connectivity index (χ2v) is 4.56. The fraction of sp³-hybridized carbons (Fsp3) is 0.333. The average Bonchev–Trinajstić information content (AvgIpc) is 2.91. The van der Waals surface area contributed by atoms with Crippen molar-refractivity contribution in [1.82, 2.24) is 8.75 Å². The summed E-state index contributed by atoms with van der Waals surface area (Å²) < 4.78 is 26.2. The number of ether oxygens (including phenoxy) is 1. The van der Waals surface area contributed by atoms with E-state index in [0.29, 0.717) is 17.1 Å². The van der Waals surface area contributed by atoms with E-state index in [9.17, 15) is 9.50 Å². The van der Waals surface area contributed by atoms with Crippen LogP contribution in [0.25, 0.3) is 0 Å². The molecule has 0 saturated heterocycles. The van der Waals surface area contributed by atoms with Crippen molar-refractivity contribution in [2.45, 2.75) is 13.0 Å². The molecule has 0 bridgehead atoms. The topological polar surface area (TPSA) is 67.3 Å². The van der Waals surface area contributed by atoms with Crippen molar-refractivity contribution in [3.05, 3.63) is 35.8 Å². The van der Waals surface area contributed by atoms with Crippen LogP contribution in [0.5, 0.6) is 5.88 Å². The van der Waals surface area contributed by atoms with Gasteiger partial charge in [0.1, 0.15) is 24.7 Å². The summed E-state index contributed by atoms with van der Waals surface area (Å²) in [5.74, 6) is 0.121. The van der Waals surface area contributed by atoms with Gasteiger partial charge < -0.3 is 15.2 Å². The number of benzene rings is 1. The molecule has 0 aliphatic carbocycles. The van der Waals surface area contributed by atoms with Gasteiger partial charge in [0.05, 0.1) is 11.7 Å². The van der Waals surface area contributed by atoms with Crippen LogP contribution in [0.15, 0.2) is 24.4 Å². The van der Waals surface area contributed by atoms with Crippen molar-refractivity contribution < 1.29 is 14.2 Å². The van der Waals surface area contributed by atoms with Crippen LogP contribution in [-0.2, 0) is 0 Å². The number of halogens is 1. The third-order valence-electron chi connectivity index (χ3n) is 2.56. The van der Waals surface area contributed by atoms with Crippen LogP contribution >= 0.6 is 11.7 Å². The second-order valence-electron chi connectivity index (χ2n) is 4.00. The quantitative estimate of drug-likeness (QED) is 0.846. The first-order valence-electron chi connectivity index (χ1n) is 5.74. The van der Waals surface area contributed by atoms with Gasteiger partial charge in [-0.2, -0.15) is 4.37 Å². The Kier molecular flexibility index (Phi) is 4.64. The highest BCUT2D eigenvalue weighted by Gasteiger charge is 2.08. The van der Waals surface area contributed by atoms with E-state index in [1.165, 1.54) is 12.3 Å². The molecule has 0 aliphatic heterocycles. The van der Waals surface area contributed by atoms with E-state index in [0.717, 1.165) is 11.7 Å². The van der Waals surface area contributed by atoms with Gasteiger partial charge in [-0.25, -0.2) is 4.39 Å². The van der Waals surface area contributed by atoms with Crippen LogP contribution in [0.2, 0.25) is 0 Å². The molecule has 7 heteroatoms. The fourth-order valence-corrected chi connectivity index (χ4v) is 1.85. The molecule has 2 aromatic rings. The first-order valence-corrected chi connectivity index (χ1v) is 6.47. The maximum absolute atomic E-state index is 13.3. The zero-order chi connectivity index (χ0) is 13.7. The molecule has 0 fully saturated rings.